The fourth-order valence-corrected chi connectivity index (χ4v) is 4.46. The Labute approximate surface area is 197 Å². The van der Waals surface area contributed by atoms with Crippen molar-refractivity contribution in [2.75, 3.05) is 13.2 Å². The van der Waals surface area contributed by atoms with Gasteiger partial charge in [0.25, 0.3) is 0 Å². The third kappa shape index (κ3) is 5.97. The second kappa shape index (κ2) is 11.3. The molecule has 0 atom stereocenters. The largest absolute Gasteiger partial charge is 0.352 e. The molecule has 1 saturated heterocycles. The molecular weight excluding hydrogens is 444 g/mol. The number of aryl methyl sites for hydroxylation is 3. The number of unbranched alkanes of at least 4 members (excludes halogenated alkanes) is 1. The molecule has 1 aliphatic heterocycles. The van der Waals surface area contributed by atoms with E-state index in [9.17, 15) is 13.2 Å². The van der Waals surface area contributed by atoms with Gasteiger partial charge in [-0.15, -0.1) is 0 Å². The predicted molar refractivity (Wildman–Crippen MR) is 125 cm³/mol. The third-order valence-electron chi connectivity index (χ3n) is 6.50. The van der Waals surface area contributed by atoms with Crippen molar-refractivity contribution < 1.29 is 27.0 Å². The number of ether oxygens (including phenoxy) is 2. The Morgan fingerprint density at radius 1 is 0.765 bits per heavy atom. The Morgan fingerprint density at radius 3 is 2.21 bits per heavy atom. The first-order chi connectivity index (χ1) is 16.4. The normalized spacial score (nSPS) is 18.5. The van der Waals surface area contributed by atoms with Crippen LogP contribution in [-0.2, 0) is 28.7 Å². The second-order valence-electron chi connectivity index (χ2n) is 9.11. The summed E-state index contributed by atoms with van der Waals surface area (Å²) in [6.07, 6.45) is 5.29. The van der Waals surface area contributed by atoms with Crippen molar-refractivity contribution >= 4 is 10.8 Å². The molecule has 34 heavy (non-hydrogen) atoms. The van der Waals surface area contributed by atoms with Crippen molar-refractivity contribution in [3.05, 3.63) is 82.4 Å². The first-order valence-corrected chi connectivity index (χ1v) is 12.0. The Morgan fingerprint density at radius 2 is 1.50 bits per heavy atom. The maximum atomic E-state index is 15.1. The number of hydrogen-bond donors (Lipinski definition) is 0. The van der Waals surface area contributed by atoms with E-state index in [-0.39, 0.29) is 30.5 Å². The van der Waals surface area contributed by atoms with Gasteiger partial charge in [-0.2, -0.15) is 0 Å². The van der Waals surface area contributed by atoms with Gasteiger partial charge in [-0.1, -0.05) is 50.1 Å². The number of fused-ring (bicyclic) bond motifs is 1. The molecule has 0 saturated carbocycles. The molecule has 0 N–H and O–H groups in total. The summed E-state index contributed by atoms with van der Waals surface area (Å²) in [5, 5.41) is 1.30. The molecule has 4 rings (SSSR count). The van der Waals surface area contributed by atoms with E-state index in [4.69, 9.17) is 9.47 Å². The quantitative estimate of drug-likeness (QED) is 0.239. The molecule has 2 nitrogen and oxygen atoms in total. The van der Waals surface area contributed by atoms with Crippen molar-refractivity contribution in [1.29, 1.82) is 0 Å². The van der Waals surface area contributed by atoms with E-state index in [1.54, 1.807) is 12.1 Å². The van der Waals surface area contributed by atoms with Crippen LogP contribution in [0, 0.1) is 29.2 Å². The third-order valence-corrected chi connectivity index (χ3v) is 6.50. The monoisotopic (exact) mass is 474 g/mol. The van der Waals surface area contributed by atoms with Crippen LogP contribution in [0.4, 0.5) is 17.6 Å². The molecular formula is C28H30F4O2. The zero-order chi connectivity index (χ0) is 24.1. The average Bonchev–Trinajstić information content (AvgIpc) is 2.85. The van der Waals surface area contributed by atoms with Crippen LogP contribution in [0.25, 0.3) is 10.8 Å². The zero-order valence-corrected chi connectivity index (χ0v) is 19.4. The summed E-state index contributed by atoms with van der Waals surface area (Å²) in [7, 11) is 0. The molecule has 1 heterocycles. The molecule has 0 bridgehead atoms. The molecule has 0 aromatic heterocycles. The fraction of sp³-hybridized carbons (Fsp3) is 0.429. The van der Waals surface area contributed by atoms with Crippen molar-refractivity contribution in [1.82, 2.24) is 0 Å². The highest BCUT2D eigenvalue weighted by atomic mass is 19.2. The Hall–Kier alpha value is -2.44. The van der Waals surface area contributed by atoms with Gasteiger partial charge in [-0.25, -0.2) is 17.6 Å². The minimum absolute atomic E-state index is 0.200. The minimum Gasteiger partial charge on any atom is -0.352 e. The highest BCUT2D eigenvalue weighted by Gasteiger charge is 2.21. The van der Waals surface area contributed by atoms with Crippen LogP contribution in [0.1, 0.15) is 49.3 Å². The van der Waals surface area contributed by atoms with E-state index >= 15 is 4.39 Å². The standard InChI is InChI=1S/C28H30F4O2/c1-2-3-4-20-16-33-26(34-17-20)12-7-18-6-11-23-22(13-18)10-9-21(27(23)31)8-5-19-14-24(29)28(32)25(30)15-19/h6,9-11,13-15,20,26H,2-5,7-8,12,16-17H2,1H3. The van der Waals surface area contributed by atoms with E-state index in [0.717, 1.165) is 55.6 Å². The lowest BCUT2D eigenvalue weighted by Gasteiger charge is -2.29. The number of hydrogen-bond acceptors (Lipinski definition) is 2. The zero-order valence-electron chi connectivity index (χ0n) is 19.4. The van der Waals surface area contributed by atoms with E-state index < -0.39 is 17.5 Å². The summed E-state index contributed by atoms with van der Waals surface area (Å²) in [4.78, 5) is 0. The predicted octanol–water partition coefficient (Wildman–Crippen LogP) is 7.29. The minimum atomic E-state index is -1.49. The van der Waals surface area contributed by atoms with Crippen molar-refractivity contribution in [3.63, 3.8) is 0 Å². The molecule has 0 unspecified atom stereocenters. The average molecular weight is 475 g/mol. The summed E-state index contributed by atoms with van der Waals surface area (Å²) in [5.41, 5.74) is 1.82. The Kier molecular flexibility index (Phi) is 8.22. The molecule has 0 aliphatic carbocycles. The SMILES string of the molecule is CCCCC1COC(CCc2ccc3c(F)c(CCc4cc(F)c(F)c(F)c4)ccc3c2)OC1. The van der Waals surface area contributed by atoms with Gasteiger partial charge in [0.05, 0.1) is 13.2 Å². The number of halogens is 4. The summed E-state index contributed by atoms with van der Waals surface area (Å²) in [6, 6.07) is 11.1. The molecule has 3 aromatic rings. The summed E-state index contributed by atoms with van der Waals surface area (Å²) in [5.74, 6) is -3.82. The number of benzene rings is 3. The van der Waals surface area contributed by atoms with Gasteiger partial charge >= 0.3 is 0 Å². The topological polar surface area (TPSA) is 18.5 Å². The summed E-state index contributed by atoms with van der Waals surface area (Å²) in [6.45, 7) is 3.67. The Balaban J connectivity index is 1.35. The molecule has 1 aliphatic rings. The lowest BCUT2D eigenvalue weighted by Crippen LogP contribution is -2.32. The van der Waals surface area contributed by atoms with Crippen LogP contribution in [0.2, 0.25) is 0 Å². The van der Waals surface area contributed by atoms with Gasteiger partial charge in [0.2, 0.25) is 0 Å². The molecule has 0 spiro atoms. The van der Waals surface area contributed by atoms with Crippen LogP contribution in [-0.4, -0.2) is 19.5 Å². The fourth-order valence-electron chi connectivity index (χ4n) is 4.46. The highest BCUT2D eigenvalue weighted by Crippen LogP contribution is 2.26. The second-order valence-corrected chi connectivity index (χ2v) is 9.11. The van der Waals surface area contributed by atoms with Gasteiger partial charge < -0.3 is 9.47 Å². The lowest BCUT2D eigenvalue weighted by molar-refractivity contribution is -0.203. The molecule has 3 aromatic carbocycles. The van der Waals surface area contributed by atoms with E-state index in [1.807, 2.05) is 18.2 Å². The summed E-state index contributed by atoms with van der Waals surface area (Å²) >= 11 is 0. The van der Waals surface area contributed by atoms with Gasteiger partial charge in [-0.3, -0.25) is 0 Å². The highest BCUT2D eigenvalue weighted by molar-refractivity contribution is 5.84. The maximum Gasteiger partial charge on any atom is 0.194 e. The van der Waals surface area contributed by atoms with E-state index in [1.165, 1.54) is 12.8 Å². The molecule has 0 amide bonds. The van der Waals surface area contributed by atoms with Crippen LogP contribution < -0.4 is 0 Å². The summed E-state index contributed by atoms with van der Waals surface area (Å²) < 4.78 is 66.8. The van der Waals surface area contributed by atoms with Gasteiger partial charge in [-0.05, 0) is 59.9 Å². The van der Waals surface area contributed by atoms with Gasteiger partial charge in [0.1, 0.15) is 5.82 Å². The lowest BCUT2D eigenvalue weighted by atomic mass is 9.98. The van der Waals surface area contributed by atoms with Crippen LogP contribution >= 0.6 is 0 Å². The van der Waals surface area contributed by atoms with Crippen LogP contribution in [0.3, 0.4) is 0 Å². The van der Waals surface area contributed by atoms with Gasteiger partial charge in [0.15, 0.2) is 23.7 Å². The van der Waals surface area contributed by atoms with Crippen LogP contribution in [0.5, 0.6) is 0 Å². The molecule has 1 fully saturated rings. The Bertz CT molecular complexity index is 1100. The van der Waals surface area contributed by atoms with Gasteiger partial charge in [0, 0.05) is 17.7 Å². The van der Waals surface area contributed by atoms with Crippen molar-refractivity contribution in [3.8, 4) is 0 Å². The molecule has 182 valence electrons. The first kappa shape index (κ1) is 24.7. The molecule has 6 heteroatoms. The van der Waals surface area contributed by atoms with Crippen molar-refractivity contribution in [2.24, 2.45) is 5.92 Å². The van der Waals surface area contributed by atoms with Crippen molar-refractivity contribution in [2.45, 2.75) is 58.2 Å². The maximum absolute atomic E-state index is 15.1. The van der Waals surface area contributed by atoms with E-state index in [0.29, 0.717) is 16.9 Å². The van der Waals surface area contributed by atoms with Crippen LogP contribution in [0.15, 0.2) is 42.5 Å². The first-order valence-electron chi connectivity index (χ1n) is 12.0. The molecule has 0 radical (unpaired) electrons. The number of rotatable bonds is 9. The van der Waals surface area contributed by atoms with E-state index in [2.05, 4.69) is 6.92 Å². The smallest absolute Gasteiger partial charge is 0.194 e.